The molecule has 2 aromatic rings. The van der Waals surface area contributed by atoms with Gasteiger partial charge in [0, 0.05) is 18.9 Å². The summed E-state index contributed by atoms with van der Waals surface area (Å²) in [6, 6.07) is 8.17. The molecule has 0 unspecified atom stereocenters. The van der Waals surface area contributed by atoms with Crippen molar-refractivity contribution in [2.45, 2.75) is 13.1 Å². The molecule has 0 aliphatic heterocycles. The zero-order valence-electron chi connectivity index (χ0n) is 9.86. The number of benzene rings is 1. The lowest BCUT2D eigenvalue weighted by Gasteiger charge is -2.04. The summed E-state index contributed by atoms with van der Waals surface area (Å²) < 4.78 is 2.01. The van der Waals surface area contributed by atoms with Crippen molar-refractivity contribution in [2.75, 3.05) is 0 Å². The topological polar surface area (TPSA) is 82.2 Å². The number of guanidine groups is 1. The van der Waals surface area contributed by atoms with Crippen LogP contribution >= 0.6 is 24.0 Å². The van der Waals surface area contributed by atoms with Crippen molar-refractivity contribution in [3.8, 4) is 0 Å². The second kappa shape index (κ2) is 7.00. The molecule has 0 atom stereocenters. The highest BCUT2D eigenvalue weighted by molar-refractivity contribution is 14.0. The van der Waals surface area contributed by atoms with Crippen molar-refractivity contribution in [3.63, 3.8) is 0 Å². The van der Waals surface area contributed by atoms with Crippen LogP contribution in [0.5, 0.6) is 0 Å². The van der Waals surface area contributed by atoms with E-state index in [1.807, 2.05) is 22.9 Å². The molecule has 5 nitrogen and oxygen atoms in total. The summed E-state index contributed by atoms with van der Waals surface area (Å²) in [5.74, 6) is 0.116. The van der Waals surface area contributed by atoms with Crippen LogP contribution in [0.25, 0.3) is 0 Å². The van der Waals surface area contributed by atoms with Gasteiger partial charge in [0.2, 0.25) is 0 Å². The third-order valence-electron chi connectivity index (χ3n) is 2.36. The summed E-state index contributed by atoms with van der Waals surface area (Å²) in [7, 11) is 0. The van der Waals surface area contributed by atoms with Gasteiger partial charge in [-0.2, -0.15) is 0 Å². The average Bonchev–Trinajstić information content (AvgIpc) is 2.80. The van der Waals surface area contributed by atoms with Gasteiger partial charge in [0.25, 0.3) is 0 Å². The van der Waals surface area contributed by atoms with E-state index < -0.39 is 0 Å². The number of hydrogen-bond acceptors (Lipinski definition) is 2. The summed E-state index contributed by atoms with van der Waals surface area (Å²) in [4.78, 5) is 7.99. The maximum Gasteiger partial charge on any atom is 0.186 e. The maximum absolute atomic E-state index is 5.30. The first-order chi connectivity index (χ1) is 8.24. The number of aliphatic imine (C=N–C) groups is 1. The fraction of sp³-hybridized carbons (Fsp3) is 0.167. The Labute approximate surface area is 123 Å². The van der Waals surface area contributed by atoms with E-state index in [1.165, 1.54) is 5.56 Å². The van der Waals surface area contributed by atoms with Crippen LogP contribution in [0.3, 0.4) is 0 Å². The molecule has 1 heterocycles. The number of nitrogens with two attached hydrogens (primary N) is 2. The summed E-state index contributed by atoms with van der Waals surface area (Å²) >= 11 is 0. The first-order valence-corrected chi connectivity index (χ1v) is 5.33. The van der Waals surface area contributed by atoms with Gasteiger partial charge in [-0.1, -0.05) is 24.3 Å². The Hall–Kier alpha value is -1.57. The Morgan fingerprint density at radius 2 is 2.06 bits per heavy atom. The Morgan fingerprint density at radius 1 is 1.28 bits per heavy atom. The summed E-state index contributed by atoms with van der Waals surface area (Å²) in [6.07, 6.45) is 5.49. The number of hydrogen-bond donors (Lipinski definition) is 2. The zero-order chi connectivity index (χ0) is 12.1. The molecule has 0 radical (unpaired) electrons. The quantitative estimate of drug-likeness (QED) is 0.492. The monoisotopic (exact) mass is 357 g/mol. The minimum atomic E-state index is 0. The van der Waals surface area contributed by atoms with E-state index in [9.17, 15) is 0 Å². The Bertz CT molecular complexity index is 503. The van der Waals surface area contributed by atoms with Crippen molar-refractivity contribution in [3.05, 3.63) is 54.1 Å². The molecule has 1 aromatic heterocycles. The third kappa shape index (κ3) is 4.36. The molecule has 0 spiro atoms. The molecule has 0 aliphatic rings. The summed E-state index contributed by atoms with van der Waals surface area (Å²) in [5.41, 5.74) is 12.9. The van der Waals surface area contributed by atoms with Gasteiger partial charge in [0.15, 0.2) is 5.96 Å². The van der Waals surface area contributed by atoms with Gasteiger partial charge in [-0.25, -0.2) is 9.98 Å². The summed E-state index contributed by atoms with van der Waals surface area (Å²) in [5, 5.41) is 0. The fourth-order valence-corrected chi connectivity index (χ4v) is 1.60. The number of aromatic nitrogens is 2. The van der Waals surface area contributed by atoms with Crippen molar-refractivity contribution >= 4 is 29.9 Å². The van der Waals surface area contributed by atoms with Gasteiger partial charge in [0.05, 0.1) is 12.9 Å². The van der Waals surface area contributed by atoms with E-state index in [1.54, 1.807) is 12.5 Å². The van der Waals surface area contributed by atoms with Crippen molar-refractivity contribution in [2.24, 2.45) is 16.5 Å². The van der Waals surface area contributed by atoms with E-state index in [-0.39, 0.29) is 29.9 Å². The maximum atomic E-state index is 5.30. The van der Waals surface area contributed by atoms with Gasteiger partial charge in [-0.15, -0.1) is 24.0 Å². The Balaban J connectivity index is 0.00000162. The molecule has 0 saturated heterocycles. The minimum absolute atomic E-state index is 0. The molecule has 2 rings (SSSR count). The van der Waals surface area contributed by atoms with E-state index >= 15 is 0 Å². The predicted octanol–water partition coefficient (Wildman–Crippen LogP) is 1.32. The first kappa shape index (κ1) is 14.5. The molecule has 0 saturated carbocycles. The van der Waals surface area contributed by atoms with Crippen molar-refractivity contribution in [1.82, 2.24) is 9.55 Å². The first-order valence-electron chi connectivity index (χ1n) is 5.33. The van der Waals surface area contributed by atoms with Crippen LogP contribution in [-0.4, -0.2) is 15.5 Å². The minimum Gasteiger partial charge on any atom is -0.370 e. The number of nitrogens with zero attached hydrogens (tertiary/aromatic N) is 3. The second-order valence-corrected chi connectivity index (χ2v) is 3.80. The second-order valence-electron chi connectivity index (χ2n) is 3.80. The highest BCUT2D eigenvalue weighted by atomic mass is 127. The zero-order valence-corrected chi connectivity index (χ0v) is 12.2. The lowest BCUT2D eigenvalue weighted by atomic mass is 10.1. The number of halogens is 1. The van der Waals surface area contributed by atoms with Crippen LogP contribution in [0.4, 0.5) is 0 Å². The highest BCUT2D eigenvalue weighted by Crippen LogP contribution is 2.08. The molecule has 96 valence electrons. The summed E-state index contributed by atoms with van der Waals surface area (Å²) in [6.45, 7) is 1.32. The third-order valence-corrected chi connectivity index (χ3v) is 2.36. The molecular formula is C12H16IN5. The lowest BCUT2D eigenvalue weighted by molar-refractivity contribution is 0.795. The van der Waals surface area contributed by atoms with Gasteiger partial charge < -0.3 is 16.0 Å². The van der Waals surface area contributed by atoms with Gasteiger partial charge in [-0.05, 0) is 11.1 Å². The fourth-order valence-electron chi connectivity index (χ4n) is 1.60. The van der Waals surface area contributed by atoms with Crippen molar-refractivity contribution in [1.29, 1.82) is 0 Å². The van der Waals surface area contributed by atoms with E-state index in [0.29, 0.717) is 6.54 Å². The molecule has 0 bridgehead atoms. The van der Waals surface area contributed by atoms with Crippen LogP contribution < -0.4 is 11.5 Å². The van der Waals surface area contributed by atoms with Crippen molar-refractivity contribution < 1.29 is 0 Å². The van der Waals surface area contributed by atoms with Gasteiger partial charge >= 0.3 is 0 Å². The number of imidazole rings is 1. The predicted molar refractivity (Wildman–Crippen MR) is 82.7 cm³/mol. The standard InChI is InChI=1S/C12H15N5.HI/c13-12(14)16-7-10-2-1-3-11(6-10)8-17-5-4-15-9-17;/h1-6,9H,7-8H2,(H4,13,14,16);1H. The van der Waals surface area contributed by atoms with Crippen LogP contribution in [0.15, 0.2) is 48.0 Å². The lowest BCUT2D eigenvalue weighted by Crippen LogP contribution is -2.22. The smallest absolute Gasteiger partial charge is 0.186 e. The molecule has 0 amide bonds. The molecule has 6 heteroatoms. The largest absolute Gasteiger partial charge is 0.370 e. The van der Waals surface area contributed by atoms with Gasteiger partial charge in [-0.3, -0.25) is 0 Å². The SMILES string of the molecule is I.NC(N)=NCc1cccc(Cn2ccnc2)c1. The van der Waals surface area contributed by atoms with Gasteiger partial charge in [0.1, 0.15) is 0 Å². The molecule has 0 aliphatic carbocycles. The molecule has 0 fully saturated rings. The van der Waals surface area contributed by atoms with E-state index in [4.69, 9.17) is 11.5 Å². The molecule has 18 heavy (non-hydrogen) atoms. The van der Waals surface area contributed by atoms with E-state index in [2.05, 4.69) is 22.1 Å². The molecule has 1 aromatic carbocycles. The van der Waals surface area contributed by atoms with E-state index in [0.717, 1.165) is 12.1 Å². The average molecular weight is 357 g/mol. The normalized spacial score (nSPS) is 9.56. The Morgan fingerprint density at radius 3 is 2.72 bits per heavy atom. The highest BCUT2D eigenvalue weighted by Gasteiger charge is 1.97. The number of rotatable bonds is 4. The molecular weight excluding hydrogens is 341 g/mol. The van der Waals surface area contributed by atoms with Crippen LogP contribution in [0.2, 0.25) is 0 Å². The van der Waals surface area contributed by atoms with Crippen LogP contribution in [0, 0.1) is 0 Å². The Kier molecular flexibility index (Phi) is 5.63. The molecule has 4 N–H and O–H groups in total. The van der Waals surface area contributed by atoms with Crippen LogP contribution in [-0.2, 0) is 13.1 Å². The van der Waals surface area contributed by atoms with Crippen LogP contribution in [0.1, 0.15) is 11.1 Å².